The molecule has 0 aromatic rings. The minimum atomic E-state index is -0.0876. The van der Waals surface area contributed by atoms with Crippen molar-refractivity contribution >= 4 is 17.9 Å². The van der Waals surface area contributed by atoms with Crippen LogP contribution in [0.3, 0.4) is 0 Å². The van der Waals surface area contributed by atoms with E-state index in [1.165, 1.54) is 109 Å². The Labute approximate surface area is 348 Å². The number of hydrogen-bond donors (Lipinski definition) is 0. The van der Waals surface area contributed by atoms with Crippen LogP contribution in [-0.2, 0) is 28.6 Å². The second-order valence-electron chi connectivity index (χ2n) is 16.8. The standard InChI is InChI=1S/C49H95NO6/c1-5-9-13-16-19-28-35-45-55-47(51)38-31-24-20-26-33-41-50(43-40-48(52)54-44-12-8-4)42-34-27-21-25-32-39-49(53)56-46(36-29-22-17-14-10-6-2)37-30-23-18-15-11-7-3/h46H,5-45H2,1-4H3. The molecule has 0 aliphatic heterocycles. The molecule has 0 saturated heterocycles. The predicted molar refractivity (Wildman–Crippen MR) is 237 cm³/mol. The van der Waals surface area contributed by atoms with E-state index in [0.29, 0.717) is 32.5 Å². The Bertz CT molecular complexity index is 834. The van der Waals surface area contributed by atoms with Crippen LogP contribution in [0.5, 0.6) is 0 Å². The number of carbonyl (C=O) groups is 3. The van der Waals surface area contributed by atoms with Crippen LogP contribution < -0.4 is 0 Å². The highest BCUT2D eigenvalue weighted by Crippen LogP contribution is 2.19. The van der Waals surface area contributed by atoms with E-state index in [4.69, 9.17) is 14.2 Å². The first kappa shape index (κ1) is 54.4. The highest BCUT2D eigenvalue weighted by molar-refractivity contribution is 5.70. The molecule has 0 N–H and O–H groups in total. The van der Waals surface area contributed by atoms with Crippen LogP contribution in [0.2, 0.25) is 0 Å². The zero-order chi connectivity index (χ0) is 41.0. The number of hydrogen-bond acceptors (Lipinski definition) is 7. The number of ether oxygens (including phenoxy) is 3. The Morgan fingerprint density at radius 3 is 1.20 bits per heavy atom. The lowest BCUT2D eigenvalue weighted by Crippen LogP contribution is -2.29. The lowest BCUT2D eigenvalue weighted by molar-refractivity contribution is -0.150. The first-order valence-electron chi connectivity index (χ1n) is 24.7. The Balaban J connectivity index is 4.36. The fraction of sp³-hybridized carbons (Fsp3) is 0.939. The fourth-order valence-electron chi connectivity index (χ4n) is 7.39. The van der Waals surface area contributed by atoms with Crippen LogP contribution in [0.25, 0.3) is 0 Å². The van der Waals surface area contributed by atoms with Crippen molar-refractivity contribution in [3.63, 3.8) is 0 Å². The first-order valence-corrected chi connectivity index (χ1v) is 24.7. The van der Waals surface area contributed by atoms with Crippen molar-refractivity contribution in [1.29, 1.82) is 0 Å². The van der Waals surface area contributed by atoms with E-state index in [1.54, 1.807) is 0 Å². The van der Waals surface area contributed by atoms with Gasteiger partial charge in [0.25, 0.3) is 0 Å². The van der Waals surface area contributed by atoms with Gasteiger partial charge in [0.2, 0.25) is 0 Å². The van der Waals surface area contributed by atoms with Gasteiger partial charge in [-0.15, -0.1) is 0 Å². The quantitative estimate of drug-likeness (QED) is 0.0345. The van der Waals surface area contributed by atoms with Gasteiger partial charge in [0.15, 0.2) is 0 Å². The number of unbranched alkanes of at least 4 members (excludes halogenated alkanes) is 25. The second-order valence-corrected chi connectivity index (χ2v) is 16.8. The Morgan fingerprint density at radius 1 is 0.357 bits per heavy atom. The molecule has 7 heteroatoms. The molecule has 56 heavy (non-hydrogen) atoms. The number of rotatable bonds is 45. The number of esters is 3. The molecule has 0 heterocycles. The smallest absolute Gasteiger partial charge is 0.307 e. The molecule has 0 aromatic heterocycles. The van der Waals surface area contributed by atoms with E-state index in [0.717, 1.165) is 122 Å². The molecule has 0 saturated carbocycles. The molecule has 0 spiro atoms. The summed E-state index contributed by atoms with van der Waals surface area (Å²) in [5.74, 6) is -0.128. The van der Waals surface area contributed by atoms with Crippen LogP contribution >= 0.6 is 0 Å². The lowest BCUT2D eigenvalue weighted by Gasteiger charge is -2.22. The summed E-state index contributed by atoms with van der Waals surface area (Å²) in [7, 11) is 0. The molecule has 332 valence electrons. The van der Waals surface area contributed by atoms with Gasteiger partial charge in [-0.25, -0.2) is 0 Å². The van der Waals surface area contributed by atoms with E-state index in [9.17, 15) is 14.4 Å². The van der Waals surface area contributed by atoms with Crippen LogP contribution in [0, 0.1) is 0 Å². The fourth-order valence-corrected chi connectivity index (χ4v) is 7.39. The monoisotopic (exact) mass is 794 g/mol. The molecule has 7 nitrogen and oxygen atoms in total. The average molecular weight is 794 g/mol. The van der Waals surface area contributed by atoms with Gasteiger partial charge in [-0.1, -0.05) is 175 Å². The van der Waals surface area contributed by atoms with Crippen molar-refractivity contribution in [3.05, 3.63) is 0 Å². The molecule has 0 unspecified atom stereocenters. The van der Waals surface area contributed by atoms with Crippen molar-refractivity contribution < 1.29 is 28.6 Å². The third kappa shape index (κ3) is 40.6. The van der Waals surface area contributed by atoms with Crippen molar-refractivity contribution in [1.82, 2.24) is 4.90 Å². The Hall–Kier alpha value is -1.63. The van der Waals surface area contributed by atoms with Gasteiger partial charge < -0.3 is 19.1 Å². The minimum absolute atomic E-state index is 0.00250. The summed E-state index contributed by atoms with van der Waals surface area (Å²) in [5, 5.41) is 0. The third-order valence-electron chi connectivity index (χ3n) is 11.2. The van der Waals surface area contributed by atoms with Gasteiger partial charge in [0.05, 0.1) is 19.6 Å². The van der Waals surface area contributed by atoms with Gasteiger partial charge in [0.1, 0.15) is 6.10 Å². The maximum atomic E-state index is 12.8. The normalized spacial score (nSPS) is 11.5. The molecule has 0 radical (unpaired) electrons. The molecule has 0 bridgehead atoms. The summed E-state index contributed by atoms with van der Waals surface area (Å²) in [4.78, 5) is 39.7. The first-order chi connectivity index (χ1) is 27.5. The van der Waals surface area contributed by atoms with Crippen LogP contribution in [-0.4, -0.2) is 61.8 Å². The van der Waals surface area contributed by atoms with Crippen LogP contribution in [0.1, 0.15) is 259 Å². The summed E-state index contributed by atoms with van der Waals surface area (Å²) in [6.45, 7) is 12.7. The summed E-state index contributed by atoms with van der Waals surface area (Å²) in [6.07, 6.45) is 40.2. The molecule has 0 amide bonds. The van der Waals surface area contributed by atoms with Gasteiger partial charge in [0, 0.05) is 19.4 Å². The molecule has 0 aromatic carbocycles. The second kappa shape index (κ2) is 44.5. The number of nitrogens with zero attached hydrogens (tertiary/aromatic N) is 1. The highest BCUT2D eigenvalue weighted by atomic mass is 16.5. The van der Waals surface area contributed by atoms with E-state index in [1.807, 2.05) is 0 Å². The van der Waals surface area contributed by atoms with E-state index < -0.39 is 0 Å². The molecule has 0 rings (SSSR count). The molecule has 0 atom stereocenters. The maximum absolute atomic E-state index is 12.8. The molecular formula is C49H95NO6. The topological polar surface area (TPSA) is 82.1 Å². The molecule has 0 fully saturated rings. The van der Waals surface area contributed by atoms with E-state index >= 15 is 0 Å². The van der Waals surface area contributed by atoms with Gasteiger partial charge in [-0.3, -0.25) is 14.4 Å². The third-order valence-corrected chi connectivity index (χ3v) is 11.2. The average Bonchev–Trinajstić information content (AvgIpc) is 3.19. The summed E-state index contributed by atoms with van der Waals surface area (Å²) in [5.41, 5.74) is 0. The van der Waals surface area contributed by atoms with Crippen molar-refractivity contribution in [2.24, 2.45) is 0 Å². The zero-order valence-corrected chi connectivity index (χ0v) is 38.0. The number of carbonyl (C=O) groups excluding carboxylic acids is 3. The van der Waals surface area contributed by atoms with Gasteiger partial charge in [-0.05, 0) is 77.3 Å². The SMILES string of the molecule is CCCCCCCCCOC(=O)CCCCCCCN(CCCCCCCC(=O)OC(CCCCCCCC)CCCCCCCC)CCC(=O)OCCCC. The zero-order valence-electron chi connectivity index (χ0n) is 38.0. The molecule has 0 aliphatic carbocycles. The van der Waals surface area contributed by atoms with E-state index in [-0.39, 0.29) is 24.0 Å². The van der Waals surface area contributed by atoms with E-state index in [2.05, 4.69) is 32.6 Å². The van der Waals surface area contributed by atoms with Crippen molar-refractivity contribution in [2.75, 3.05) is 32.8 Å². The summed E-state index contributed by atoms with van der Waals surface area (Å²) in [6, 6.07) is 0. The Kier molecular flexibility index (Phi) is 43.2. The largest absolute Gasteiger partial charge is 0.466 e. The Morgan fingerprint density at radius 2 is 0.714 bits per heavy atom. The van der Waals surface area contributed by atoms with Crippen LogP contribution in [0.15, 0.2) is 0 Å². The van der Waals surface area contributed by atoms with Crippen molar-refractivity contribution in [3.8, 4) is 0 Å². The lowest BCUT2D eigenvalue weighted by atomic mass is 10.0. The minimum Gasteiger partial charge on any atom is -0.466 e. The predicted octanol–water partition coefficient (Wildman–Crippen LogP) is 14.4. The molecule has 0 aliphatic rings. The molecular weight excluding hydrogens is 699 g/mol. The van der Waals surface area contributed by atoms with Gasteiger partial charge in [-0.2, -0.15) is 0 Å². The maximum Gasteiger partial charge on any atom is 0.307 e. The highest BCUT2D eigenvalue weighted by Gasteiger charge is 2.15. The summed E-state index contributed by atoms with van der Waals surface area (Å²) >= 11 is 0. The summed E-state index contributed by atoms with van der Waals surface area (Å²) < 4.78 is 16.9. The van der Waals surface area contributed by atoms with Crippen molar-refractivity contribution in [2.45, 2.75) is 265 Å². The van der Waals surface area contributed by atoms with Crippen LogP contribution in [0.4, 0.5) is 0 Å². The van der Waals surface area contributed by atoms with Gasteiger partial charge >= 0.3 is 17.9 Å².